The van der Waals surface area contributed by atoms with Crippen molar-refractivity contribution in [3.05, 3.63) is 18.2 Å². The highest BCUT2D eigenvalue weighted by atomic mass is 16.7. The number of esters is 1. The summed E-state index contributed by atoms with van der Waals surface area (Å²) in [5.74, 6) is 0.501. The van der Waals surface area contributed by atoms with Crippen LogP contribution in [-0.4, -0.2) is 32.3 Å². The van der Waals surface area contributed by atoms with Crippen LogP contribution in [-0.2, 0) is 14.3 Å². The average molecular weight is 279 g/mol. The topological polar surface area (TPSA) is 65.1 Å². The lowest BCUT2D eigenvalue weighted by Crippen LogP contribution is -2.24. The Bertz CT molecular complexity index is 514. The highest BCUT2D eigenvalue weighted by Crippen LogP contribution is 2.35. The molecule has 1 aliphatic rings. The number of amides is 1. The Kier molecular flexibility index (Phi) is 4.57. The van der Waals surface area contributed by atoms with E-state index < -0.39 is 5.97 Å². The first kappa shape index (κ1) is 14.3. The number of hydrogen-bond acceptors (Lipinski definition) is 5. The molecule has 0 spiro atoms. The maximum absolute atomic E-state index is 11.9. The largest absolute Gasteiger partial charge is 0.467 e. The standard InChI is InChI=1S/C14H17NO5/c1-10(16)20-13-6-5-11(19-9-18-2)8-12(13)15-7-3-4-14(15)17/h5-6,8H,3-4,7,9H2,1-2H3. The monoisotopic (exact) mass is 279 g/mol. The van der Waals surface area contributed by atoms with Crippen LogP contribution < -0.4 is 14.4 Å². The highest BCUT2D eigenvalue weighted by Gasteiger charge is 2.25. The zero-order valence-corrected chi connectivity index (χ0v) is 11.5. The Morgan fingerprint density at radius 3 is 2.80 bits per heavy atom. The van der Waals surface area contributed by atoms with Crippen LogP contribution in [0.25, 0.3) is 0 Å². The zero-order valence-electron chi connectivity index (χ0n) is 11.5. The van der Waals surface area contributed by atoms with Gasteiger partial charge in [-0.3, -0.25) is 9.59 Å². The molecule has 0 atom stereocenters. The molecule has 1 aliphatic heterocycles. The Hall–Kier alpha value is -2.08. The molecule has 20 heavy (non-hydrogen) atoms. The number of rotatable bonds is 5. The van der Waals surface area contributed by atoms with Gasteiger partial charge >= 0.3 is 5.97 Å². The van der Waals surface area contributed by atoms with Crippen molar-refractivity contribution < 1.29 is 23.8 Å². The van der Waals surface area contributed by atoms with Gasteiger partial charge in [0.15, 0.2) is 12.5 Å². The third-order valence-corrected chi connectivity index (χ3v) is 2.89. The molecule has 0 aliphatic carbocycles. The lowest BCUT2D eigenvalue weighted by molar-refractivity contribution is -0.132. The number of benzene rings is 1. The summed E-state index contributed by atoms with van der Waals surface area (Å²) >= 11 is 0. The smallest absolute Gasteiger partial charge is 0.308 e. The third-order valence-electron chi connectivity index (χ3n) is 2.89. The molecular weight excluding hydrogens is 262 g/mol. The van der Waals surface area contributed by atoms with E-state index in [1.54, 1.807) is 23.1 Å². The summed E-state index contributed by atoms with van der Waals surface area (Å²) in [5.41, 5.74) is 0.552. The van der Waals surface area contributed by atoms with Gasteiger partial charge in [-0.1, -0.05) is 0 Å². The molecule has 0 aromatic heterocycles. The van der Waals surface area contributed by atoms with Gasteiger partial charge in [-0.05, 0) is 18.6 Å². The number of nitrogens with zero attached hydrogens (tertiary/aromatic N) is 1. The van der Waals surface area contributed by atoms with Gasteiger partial charge in [0.05, 0.1) is 5.69 Å². The predicted molar refractivity (Wildman–Crippen MR) is 71.8 cm³/mol. The van der Waals surface area contributed by atoms with Crippen LogP contribution >= 0.6 is 0 Å². The summed E-state index contributed by atoms with van der Waals surface area (Å²) in [5, 5.41) is 0. The first-order chi connectivity index (χ1) is 9.61. The lowest BCUT2D eigenvalue weighted by atomic mass is 10.2. The molecular formula is C14H17NO5. The van der Waals surface area contributed by atoms with E-state index in [9.17, 15) is 9.59 Å². The number of hydrogen-bond donors (Lipinski definition) is 0. The molecule has 1 aromatic carbocycles. The fraction of sp³-hybridized carbons (Fsp3) is 0.429. The van der Waals surface area contributed by atoms with E-state index >= 15 is 0 Å². The van der Waals surface area contributed by atoms with Gasteiger partial charge in [-0.2, -0.15) is 0 Å². The highest BCUT2D eigenvalue weighted by molar-refractivity contribution is 5.97. The number of ether oxygens (including phenoxy) is 3. The SMILES string of the molecule is COCOc1ccc(OC(C)=O)c(N2CCCC2=O)c1. The van der Waals surface area contributed by atoms with E-state index in [1.165, 1.54) is 14.0 Å². The Morgan fingerprint density at radius 1 is 1.40 bits per heavy atom. The second-order valence-electron chi connectivity index (χ2n) is 4.42. The van der Waals surface area contributed by atoms with Crippen molar-refractivity contribution in [2.45, 2.75) is 19.8 Å². The molecule has 0 radical (unpaired) electrons. The van der Waals surface area contributed by atoms with E-state index in [1.807, 2.05) is 0 Å². The molecule has 0 N–H and O–H groups in total. The molecule has 2 rings (SSSR count). The van der Waals surface area contributed by atoms with Gasteiger partial charge in [0.1, 0.15) is 5.75 Å². The van der Waals surface area contributed by atoms with Gasteiger partial charge in [0, 0.05) is 33.1 Å². The van der Waals surface area contributed by atoms with E-state index in [4.69, 9.17) is 14.2 Å². The Morgan fingerprint density at radius 2 is 2.20 bits per heavy atom. The third kappa shape index (κ3) is 3.27. The fourth-order valence-electron chi connectivity index (χ4n) is 2.07. The molecule has 6 nitrogen and oxygen atoms in total. The van der Waals surface area contributed by atoms with Crippen molar-refractivity contribution in [2.24, 2.45) is 0 Å². The molecule has 1 heterocycles. The second-order valence-corrected chi connectivity index (χ2v) is 4.42. The van der Waals surface area contributed by atoms with Crippen LogP contribution in [0, 0.1) is 0 Å². The maximum atomic E-state index is 11.9. The van der Waals surface area contributed by atoms with Crippen molar-refractivity contribution in [1.82, 2.24) is 0 Å². The van der Waals surface area contributed by atoms with Crippen LogP contribution in [0.3, 0.4) is 0 Å². The van der Waals surface area contributed by atoms with Crippen LogP contribution in [0.1, 0.15) is 19.8 Å². The molecule has 108 valence electrons. The average Bonchev–Trinajstić information content (AvgIpc) is 2.83. The van der Waals surface area contributed by atoms with E-state index in [2.05, 4.69) is 0 Å². The molecule has 1 fully saturated rings. The molecule has 1 saturated heterocycles. The van der Waals surface area contributed by atoms with Gasteiger partial charge in [-0.15, -0.1) is 0 Å². The maximum Gasteiger partial charge on any atom is 0.308 e. The van der Waals surface area contributed by atoms with E-state index in [-0.39, 0.29) is 12.7 Å². The Labute approximate surface area is 117 Å². The minimum absolute atomic E-state index is 0.0160. The first-order valence-corrected chi connectivity index (χ1v) is 6.36. The summed E-state index contributed by atoms with van der Waals surface area (Å²) < 4.78 is 15.3. The van der Waals surface area contributed by atoms with Crippen molar-refractivity contribution in [3.8, 4) is 11.5 Å². The van der Waals surface area contributed by atoms with Crippen LogP contribution in [0.4, 0.5) is 5.69 Å². The van der Waals surface area contributed by atoms with Crippen LogP contribution in [0.2, 0.25) is 0 Å². The summed E-state index contributed by atoms with van der Waals surface area (Å²) in [6.07, 6.45) is 1.30. The van der Waals surface area contributed by atoms with Crippen LogP contribution in [0.15, 0.2) is 18.2 Å². The van der Waals surface area contributed by atoms with Gasteiger partial charge < -0.3 is 19.1 Å². The van der Waals surface area contributed by atoms with E-state index in [0.29, 0.717) is 30.2 Å². The lowest BCUT2D eigenvalue weighted by Gasteiger charge is -2.20. The summed E-state index contributed by atoms with van der Waals surface area (Å²) in [4.78, 5) is 24.6. The van der Waals surface area contributed by atoms with Gasteiger partial charge in [0.25, 0.3) is 0 Å². The molecule has 0 saturated carbocycles. The normalized spacial score (nSPS) is 14.5. The zero-order chi connectivity index (χ0) is 14.5. The van der Waals surface area contributed by atoms with Gasteiger partial charge in [0.2, 0.25) is 5.91 Å². The van der Waals surface area contributed by atoms with Crippen molar-refractivity contribution in [3.63, 3.8) is 0 Å². The number of carbonyl (C=O) groups is 2. The molecule has 1 aromatic rings. The summed E-state index contributed by atoms with van der Waals surface area (Å²) in [6, 6.07) is 4.97. The number of anilines is 1. The van der Waals surface area contributed by atoms with Crippen molar-refractivity contribution in [2.75, 3.05) is 25.3 Å². The second kappa shape index (κ2) is 6.38. The van der Waals surface area contributed by atoms with Crippen LogP contribution in [0.5, 0.6) is 11.5 Å². The van der Waals surface area contributed by atoms with Crippen molar-refractivity contribution in [1.29, 1.82) is 0 Å². The minimum Gasteiger partial charge on any atom is -0.467 e. The molecule has 6 heteroatoms. The van der Waals surface area contributed by atoms with Gasteiger partial charge in [-0.25, -0.2) is 0 Å². The minimum atomic E-state index is -0.427. The Balaban J connectivity index is 2.31. The summed E-state index contributed by atoms with van der Waals surface area (Å²) in [7, 11) is 1.53. The quantitative estimate of drug-likeness (QED) is 0.466. The number of methoxy groups -OCH3 is 1. The van der Waals surface area contributed by atoms with E-state index in [0.717, 1.165) is 6.42 Å². The summed E-state index contributed by atoms with van der Waals surface area (Å²) in [6.45, 7) is 2.05. The first-order valence-electron chi connectivity index (χ1n) is 6.36. The van der Waals surface area contributed by atoms with Crippen molar-refractivity contribution >= 4 is 17.6 Å². The molecule has 0 unspecified atom stereocenters. The number of carbonyl (C=O) groups excluding carboxylic acids is 2. The molecule has 1 amide bonds. The molecule has 0 bridgehead atoms. The fourth-order valence-corrected chi connectivity index (χ4v) is 2.07. The predicted octanol–water partition coefficient (Wildman–Crippen LogP) is 1.72.